The van der Waals surface area contributed by atoms with Gasteiger partial charge in [0.05, 0.1) is 22.9 Å². The highest BCUT2D eigenvalue weighted by Crippen LogP contribution is 2.22. The van der Waals surface area contributed by atoms with Gasteiger partial charge < -0.3 is 10.3 Å². The number of nitrogens with zero attached hydrogens (tertiary/aromatic N) is 4. The molecule has 5 heteroatoms. The lowest BCUT2D eigenvalue weighted by Gasteiger charge is -2.00. The second-order valence-corrected chi connectivity index (χ2v) is 3.47. The highest BCUT2D eigenvalue weighted by atomic mass is 15.0. The molecular formula is C10H9N5. The minimum absolute atomic E-state index is 0.493. The van der Waals surface area contributed by atoms with Gasteiger partial charge in [0.15, 0.2) is 0 Å². The molecule has 2 heterocycles. The van der Waals surface area contributed by atoms with E-state index in [0.29, 0.717) is 5.82 Å². The van der Waals surface area contributed by atoms with Crippen molar-refractivity contribution >= 4 is 27.8 Å². The largest absolute Gasteiger partial charge is 0.383 e. The minimum atomic E-state index is 0.493. The Labute approximate surface area is 85.6 Å². The van der Waals surface area contributed by atoms with Crippen molar-refractivity contribution in [3.05, 3.63) is 24.8 Å². The number of anilines is 1. The molecule has 1 aromatic carbocycles. The van der Waals surface area contributed by atoms with Gasteiger partial charge in [0.1, 0.15) is 12.1 Å². The number of aromatic nitrogens is 4. The molecule has 3 rings (SSSR count). The number of hydrogen-bond acceptors (Lipinski definition) is 4. The monoisotopic (exact) mass is 199 g/mol. The topological polar surface area (TPSA) is 69.6 Å². The van der Waals surface area contributed by atoms with Crippen LogP contribution in [0, 0.1) is 0 Å². The Kier molecular flexibility index (Phi) is 1.45. The molecule has 2 N–H and O–H groups in total. The van der Waals surface area contributed by atoms with E-state index in [9.17, 15) is 0 Å². The number of benzene rings is 1. The summed E-state index contributed by atoms with van der Waals surface area (Å²) < 4.78 is 1.95. The third-order valence-corrected chi connectivity index (χ3v) is 2.51. The summed E-state index contributed by atoms with van der Waals surface area (Å²) in [7, 11) is 1.95. The Bertz CT molecular complexity index is 655. The van der Waals surface area contributed by atoms with Crippen molar-refractivity contribution in [1.29, 1.82) is 0 Å². The van der Waals surface area contributed by atoms with Crippen LogP contribution in [0.25, 0.3) is 21.9 Å². The van der Waals surface area contributed by atoms with Gasteiger partial charge >= 0.3 is 0 Å². The lowest BCUT2D eigenvalue weighted by Crippen LogP contribution is -1.93. The average Bonchev–Trinajstić information content (AvgIpc) is 2.59. The first-order chi connectivity index (χ1) is 7.25. The van der Waals surface area contributed by atoms with Crippen LogP contribution >= 0.6 is 0 Å². The molecule has 0 saturated carbocycles. The van der Waals surface area contributed by atoms with Crippen LogP contribution < -0.4 is 5.73 Å². The summed E-state index contributed by atoms with van der Waals surface area (Å²) in [5, 5.41) is 0.851. The molecule has 2 aromatic heterocycles. The number of hydrogen-bond donors (Lipinski definition) is 1. The lowest BCUT2D eigenvalue weighted by molar-refractivity contribution is 0.948. The van der Waals surface area contributed by atoms with Crippen molar-refractivity contribution in [2.75, 3.05) is 5.73 Å². The van der Waals surface area contributed by atoms with Crippen LogP contribution in [0.3, 0.4) is 0 Å². The summed E-state index contributed by atoms with van der Waals surface area (Å²) in [5.41, 5.74) is 8.57. The maximum atomic E-state index is 5.77. The second-order valence-electron chi connectivity index (χ2n) is 3.47. The number of nitrogen functional groups attached to an aromatic ring is 1. The highest BCUT2D eigenvalue weighted by Gasteiger charge is 2.05. The van der Waals surface area contributed by atoms with E-state index in [4.69, 9.17) is 5.73 Å². The van der Waals surface area contributed by atoms with Crippen LogP contribution in [0.1, 0.15) is 0 Å². The summed E-state index contributed by atoms with van der Waals surface area (Å²) in [6.07, 6.45) is 3.24. The predicted molar refractivity (Wildman–Crippen MR) is 58.2 cm³/mol. The Morgan fingerprint density at radius 1 is 1.13 bits per heavy atom. The fraction of sp³-hybridized carbons (Fsp3) is 0.100. The fourth-order valence-corrected chi connectivity index (χ4v) is 1.70. The Hall–Kier alpha value is -2.17. The van der Waals surface area contributed by atoms with Gasteiger partial charge in [-0.1, -0.05) is 0 Å². The van der Waals surface area contributed by atoms with Gasteiger partial charge in [-0.2, -0.15) is 0 Å². The first-order valence-electron chi connectivity index (χ1n) is 4.57. The van der Waals surface area contributed by atoms with Crippen LogP contribution in [0.5, 0.6) is 0 Å². The molecule has 0 aliphatic heterocycles. The molecule has 15 heavy (non-hydrogen) atoms. The normalized spacial score (nSPS) is 11.3. The van der Waals surface area contributed by atoms with Crippen LogP contribution in [0.2, 0.25) is 0 Å². The molecule has 0 bridgehead atoms. The molecule has 0 amide bonds. The van der Waals surface area contributed by atoms with Crippen LogP contribution in [-0.4, -0.2) is 19.5 Å². The fourth-order valence-electron chi connectivity index (χ4n) is 1.70. The number of imidazole rings is 1. The molecule has 0 fully saturated rings. The number of aryl methyl sites for hydroxylation is 1. The Balaban J connectivity index is 2.55. The van der Waals surface area contributed by atoms with Gasteiger partial charge in [0, 0.05) is 12.4 Å². The summed E-state index contributed by atoms with van der Waals surface area (Å²) in [6, 6.07) is 3.88. The van der Waals surface area contributed by atoms with E-state index in [0.717, 1.165) is 21.9 Å². The first-order valence-corrected chi connectivity index (χ1v) is 4.57. The summed E-state index contributed by atoms with van der Waals surface area (Å²) >= 11 is 0. The molecule has 74 valence electrons. The number of fused-ring (bicyclic) bond motifs is 2. The summed E-state index contributed by atoms with van der Waals surface area (Å²) in [6.45, 7) is 0. The van der Waals surface area contributed by atoms with Crippen molar-refractivity contribution in [3.8, 4) is 0 Å². The number of nitrogens with two attached hydrogens (primary N) is 1. The molecule has 0 aliphatic carbocycles. The first kappa shape index (κ1) is 8.16. The summed E-state index contributed by atoms with van der Waals surface area (Å²) in [5.74, 6) is 0.493. The molecule has 0 aliphatic rings. The predicted octanol–water partition coefficient (Wildman–Crippen LogP) is 1.10. The highest BCUT2D eigenvalue weighted by molar-refractivity contribution is 5.97. The quantitative estimate of drug-likeness (QED) is 0.588. The molecule has 0 saturated heterocycles. The minimum Gasteiger partial charge on any atom is -0.383 e. The molecular weight excluding hydrogens is 190 g/mol. The van der Waals surface area contributed by atoms with E-state index >= 15 is 0 Å². The second kappa shape index (κ2) is 2.66. The third kappa shape index (κ3) is 1.06. The van der Waals surface area contributed by atoms with Gasteiger partial charge in [-0.3, -0.25) is 0 Å². The van der Waals surface area contributed by atoms with Crippen molar-refractivity contribution in [3.63, 3.8) is 0 Å². The van der Waals surface area contributed by atoms with Crippen molar-refractivity contribution < 1.29 is 0 Å². The SMILES string of the molecule is Cn1cnc2cc3c(N)ncnc3cc21. The van der Waals surface area contributed by atoms with Crippen molar-refractivity contribution in [2.24, 2.45) is 7.05 Å². The molecule has 0 unspecified atom stereocenters. The van der Waals surface area contributed by atoms with Gasteiger partial charge in [-0.25, -0.2) is 15.0 Å². The van der Waals surface area contributed by atoms with Gasteiger partial charge in [0.2, 0.25) is 0 Å². The van der Waals surface area contributed by atoms with Crippen LogP contribution in [0.4, 0.5) is 5.82 Å². The van der Waals surface area contributed by atoms with Gasteiger partial charge in [-0.15, -0.1) is 0 Å². The number of rotatable bonds is 0. The Morgan fingerprint density at radius 2 is 2.00 bits per heavy atom. The van der Waals surface area contributed by atoms with Gasteiger partial charge in [0.25, 0.3) is 0 Å². The standard InChI is InChI=1S/C10H9N5/c1-15-5-14-8-2-6-7(3-9(8)15)12-4-13-10(6)11/h2-5H,1H3,(H2,11,12,13). The molecule has 3 aromatic rings. The summed E-state index contributed by atoms with van der Waals surface area (Å²) in [4.78, 5) is 12.4. The lowest BCUT2D eigenvalue weighted by atomic mass is 10.2. The molecule has 0 radical (unpaired) electrons. The Morgan fingerprint density at radius 3 is 2.87 bits per heavy atom. The van der Waals surface area contributed by atoms with Crippen molar-refractivity contribution in [1.82, 2.24) is 19.5 Å². The van der Waals surface area contributed by atoms with E-state index in [-0.39, 0.29) is 0 Å². The van der Waals surface area contributed by atoms with E-state index in [1.165, 1.54) is 6.33 Å². The molecule has 0 spiro atoms. The maximum Gasteiger partial charge on any atom is 0.134 e. The van der Waals surface area contributed by atoms with Crippen LogP contribution in [0.15, 0.2) is 24.8 Å². The van der Waals surface area contributed by atoms with Gasteiger partial charge in [-0.05, 0) is 12.1 Å². The third-order valence-electron chi connectivity index (χ3n) is 2.51. The van der Waals surface area contributed by atoms with E-state index < -0.39 is 0 Å². The molecule has 5 nitrogen and oxygen atoms in total. The van der Waals surface area contributed by atoms with E-state index in [2.05, 4.69) is 15.0 Å². The maximum absolute atomic E-state index is 5.77. The molecule has 0 atom stereocenters. The van der Waals surface area contributed by atoms with Crippen LogP contribution in [-0.2, 0) is 7.05 Å². The van der Waals surface area contributed by atoms with Crippen molar-refractivity contribution in [2.45, 2.75) is 0 Å². The van der Waals surface area contributed by atoms with E-state index in [1.807, 2.05) is 23.7 Å². The van der Waals surface area contributed by atoms with E-state index in [1.54, 1.807) is 6.33 Å². The zero-order chi connectivity index (χ0) is 10.4. The zero-order valence-corrected chi connectivity index (χ0v) is 8.18. The zero-order valence-electron chi connectivity index (χ0n) is 8.18. The average molecular weight is 199 g/mol. The smallest absolute Gasteiger partial charge is 0.134 e.